The van der Waals surface area contributed by atoms with E-state index < -0.39 is 18.9 Å². The van der Waals surface area contributed by atoms with E-state index in [0.717, 1.165) is 4.47 Å². The van der Waals surface area contributed by atoms with Crippen molar-refractivity contribution in [3.8, 4) is 5.75 Å². The molecule has 0 aromatic heterocycles. The number of benzene rings is 1. The van der Waals surface area contributed by atoms with Crippen molar-refractivity contribution >= 4 is 21.8 Å². The Balaban J connectivity index is 2.64. The van der Waals surface area contributed by atoms with E-state index in [1.165, 1.54) is 7.11 Å². The summed E-state index contributed by atoms with van der Waals surface area (Å²) in [4.78, 5) is 11.4. The van der Waals surface area contributed by atoms with Gasteiger partial charge in [-0.2, -0.15) is 0 Å². The van der Waals surface area contributed by atoms with Gasteiger partial charge in [-0.25, -0.2) is 8.78 Å². The smallest absolute Gasteiger partial charge is 0.255 e. The topological polar surface area (TPSA) is 38.3 Å². The largest absolute Gasteiger partial charge is 0.496 e. The second-order valence-electron chi connectivity index (χ2n) is 3.33. The fraction of sp³-hybridized carbons (Fsp3) is 0.364. The van der Waals surface area contributed by atoms with Crippen LogP contribution in [-0.2, 0) is 11.2 Å². The van der Waals surface area contributed by atoms with Gasteiger partial charge < -0.3 is 10.1 Å². The highest BCUT2D eigenvalue weighted by molar-refractivity contribution is 9.10. The van der Waals surface area contributed by atoms with Gasteiger partial charge in [-0.3, -0.25) is 4.79 Å². The fourth-order valence-electron chi connectivity index (χ4n) is 1.29. The first kappa shape index (κ1) is 13.9. The van der Waals surface area contributed by atoms with Gasteiger partial charge in [0.05, 0.1) is 20.1 Å². The predicted octanol–water partition coefficient (Wildman–Crippen LogP) is 2.38. The number of carbonyl (C=O) groups excluding carboxylic acids is 1. The number of ether oxygens (including phenoxy) is 1. The van der Waals surface area contributed by atoms with Crippen LogP contribution in [0.1, 0.15) is 5.56 Å². The van der Waals surface area contributed by atoms with Crippen molar-refractivity contribution in [2.24, 2.45) is 0 Å². The summed E-state index contributed by atoms with van der Waals surface area (Å²) in [5.41, 5.74) is 0.655. The number of hydrogen-bond donors (Lipinski definition) is 1. The number of carbonyl (C=O) groups is 1. The Kier molecular flexibility index (Phi) is 5.34. The molecule has 0 unspecified atom stereocenters. The zero-order valence-electron chi connectivity index (χ0n) is 9.17. The summed E-state index contributed by atoms with van der Waals surface area (Å²) in [7, 11) is 1.49. The fourth-order valence-corrected chi connectivity index (χ4v) is 1.63. The van der Waals surface area contributed by atoms with Crippen LogP contribution in [0.5, 0.6) is 5.75 Å². The first-order valence-electron chi connectivity index (χ1n) is 4.90. The van der Waals surface area contributed by atoms with Crippen molar-refractivity contribution in [2.45, 2.75) is 12.8 Å². The number of alkyl halides is 2. The van der Waals surface area contributed by atoms with Crippen molar-refractivity contribution in [3.05, 3.63) is 28.2 Å². The highest BCUT2D eigenvalue weighted by atomic mass is 79.9. The van der Waals surface area contributed by atoms with Crippen LogP contribution in [0, 0.1) is 0 Å². The summed E-state index contributed by atoms with van der Waals surface area (Å²) in [6.45, 7) is -0.627. The molecule has 6 heteroatoms. The van der Waals surface area contributed by atoms with E-state index in [2.05, 4.69) is 21.2 Å². The molecule has 0 aliphatic rings. The second-order valence-corrected chi connectivity index (χ2v) is 4.24. The molecule has 1 N–H and O–H groups in total. The zero-order chi connectivity index (χ0) is 12.8. The Morgan fingerprint density at radius 3 is 2.82 bits per heavy atom. The molecule has 94 valence electrons. The van der Waals surface area contributed by atoms with Gasteiger partial charge in [0.25, 0.3) is 6.43 Å². The molecular formula is C11H12BrF2NO2. The Bertz CT molecular complexity index is 399. The molecule has 0 saturated heterocycles. The molecule has 1 rings (SSSR count). The van der Waals surface area contributed by atoms with Crippen molar-refractivity contribution in [1.82, 2.24) is 5.32 Å². The van der Waals surface area contributed by atoms with Crippen molar-refractivity contribution in [2.75, 3.05) is 13.7 Å². The minimum atomic E-state index is -2.54. The van der Waals surface area contributed by atoms with Gasteiger partial charge in [-0.15, -0.1) is 0 Å². The second kappa shape index (κ2) is 6.54. The minimum Gasteiger partial charge on any atom is -0.496 e. The van der Waals surface area contributed by atoms with Crippen LogP contribution in [0.3, 0.4) is 0 Å². The number of nitrogens with one attached hydrogen (secondary N) is 1. The van der Waals surface area contributed by atoms with E-state index in [9.17, 15) is 13.6 Å². The number of rotatable bonds is 5. The monoisotopic (exact) mass is 307 g/mol. The van der Waals surface area contributed by atoms with E-state index in [0.29, 0.717) is 11.3 Å². The highest BCUT2D eigenvalue weighted by Gasteiger charge is 2.10. The molecule has 0 radical (unpaired) electrons. The van der Waals surface area contributed by atoms with Crippen molar-refractivity contribution < 1.29 is 18.3 Å². The molecule has 0 bridgehead atoms. The lowest BCUT2D eigenvalue weighted by Gasteiger charge is -2.09. The van der Waals surface area contributed by atoms with E-state index in [-0.39, 0.29) is 6.42 Å². The third kappa shape index (κ3) is 4.68. The summed E-state index contributed by atoms with van der Waals surface area (Å²) in [6.07, 6.45) is -2.52. The van der Waals surface area contributed by atoms with E-state index in [1.54, 1.807) is 18.2 Å². The van der Waals surface area contributed by atoms with Gasteiger partial charge in [0.1, 0.15) is 5.75 Å². The molecule has 1 aromatic rings. The van der Waals surface area contributed by atoms with Gasteiger partial charge in [-0.1, -0.05) is 22.0 Å². The Morgan fingerprint density at radius 1 is 1.53 bits per heavy atom. The number of hydrogen-bond acceptors (Lipinski definition) is 2. The maximum absolute atomic E-state index is 11.9. The molecule has 0 saturated carbocycles. The molecule has 0 fully saturated rings. The standard InChI is InChI=1S/C11H12BrF2NO2/c1-17-9-5-8(12)3-2-7(9)4-11(16)15-6-10(13)14/h2-3,5,10H,4,6H2,1H3,(H,15,16). The predicted molar refractivity (Wildman–Crippen MR) is 63.4 cm³/mol. The average molecular weight is 308 g/mol. The minimum absolute atomic E-state index is 0.0170. The van der Waals surface area contributed by atoms with Crippen molar-refractivity contribution in [3.63, 3.8) is 0 Å². The lowest BCUT2D eigenvalue weighted by molar-refractivity contribution is -0.121. The highest BCUT2D eigenvalue weighted by Crippen LogP contribution is 2.23. The van der Waals surface area contributed by atoms with Crippen molar-refractivity contribution in [1.29, 1.82) is 0 Å². The molecule has 1 amide bonds. The molecular weight excluding hydrogens is 296 g/mol. The molecule has 0 atom stereocenters. The maximum Gasteiger partial charge on any atom is 0.255 e. The first-order chi connectivity index (χ1) is 8.02. The Hall–Kier alpha value is -1.17. The van der Waals surface area contributed by atoms with Crippen LogP contribution < -0.4 is 10.1 Å². The Labute approximate surface area is 106 Å². The molecule has 0 aliphatic carbocycles. The number of methoxy groups -OCH3 is 1. The quantitative estimate of drug-likeness (QED) is 0.907. The van der Waals surface area contributed by atoms with Crippen LogP contribution in [0.2, 0.25) is 0 Å². The maximum atomic E-state index is 11.9. The van der Waals surface area contributed by atoms with E-state index >= 15 is 0 Å². The molecule has 0 aliphatic heterocycles. The zero-order valence-corrected chi connectivity index (χ0v) is 10.8. The third-order valence-electron chi connectivity index (χ3n) is 2.05. The van der Waals surface area contributed by atoms with Crippen LogP contribution in [0.25, 0.3) is 0 Å². The molecule has 0 heterocycles. The van der Waals surface area contributed by atoms with Gasteiger partial charge >= 0.3 is 0 Å². The lowest BCUT2D eigenvalue weighted by atomic mass is 10.1. The molecule has 0 spiro atoms. The molecule has 3 nitrogen and oxygen atoms in total. The van der Waals surface area contributed by atoms with Gasteiger partial charge in [0, 0.05) is 10.0 Å². The third-order valence-corrected chi connectivity index (χ3v) is 2.55. The summed E-state index contributed by atoms with van der Waals surface area (Å²) in [6, 6.07) is 5.19. The van der Waals surface area contributed by atoms with Gasteiger partial charge in [0.2, 0.25) is 5.91 Å². The summed E-state index contributed by atoms with van der Waals surface area (Å²) < 4.78 is 29.7. The normalized spacial score (nSPS) is 10.4. The number of amides is 1. The van der Waals surface area contributed by atoms with Gasteiger partial charge in [0.15, 0.2) is 0 Å². The summed E-state index contributed by atoms with van der Waals surface area (Å²) in [5.74, 6) is 0.0949. The molecule has 17 heavy (non-hydrogen) atoms. The summed E-state index contributed by atoms with van der Waals surface area (Å²) in [5, 5.41) is 2.14. The van der Waals surface area contributed by atoms with E-state index in [4.69, 9.17) is 4.74 Å². The summed E-state index contributed by atoms with van der Waals surface area (Å²) >= 11 is 3.27. The van der Waals surface area contributed by atoms with Crippen LogP contribution in [-0.4, -0.2) is 26.0 Å². The first-order valence-corrected chi connectivity index (χ1v) is 5.69. The van der Waals surface area contributed by atoms with Crippen LogP contribution in [0.4, 0.5) is 8.78 Å². The van der Waals surface area contributed by atoms with Gasteiger partial charge in [-0.05, 0) is 12.1 Å². The van der Waals surface area contributed by atoms with E-state index in [1.807, 2.05) is 0 Å². The average Bonchev–Trinajstić information content (AvgIpc) is 2.28. The lowest BCUT2D eigenvalue weighted by Crippen LogP contribution is -2.29. The SMILES string of the molecule is COc1cc(Br)ccc1CC(=O)NCC(F)F. The van der Waals surface area contributed by atoms with Crippen LogP contribution >= 0.6 is 15.9 Å². The molecule has 1 aromatic carbocycles. The Morgan fingerprint density at radius 2 is 2.24 bits per heavy atom. The number of halogens is 3. The van der Waals surface area contributed by atoms with Crippen LogP contribution in [0.15, 0.2) is 22.7 Å².